The van der Waals surface area contributed by atoms with Crippen molar-refractivity contribution in [3.63, 3.8) is 0 Å². The summed E-state index contributed by atoms with van der Waals surface area (Å²) in [5, 5.41) is 9.96. The minimum absolute atomic E-state index is 0. The van der Waals surface area contributed by atoms with Gasteiger partial charge < -0.3 is 61.0 Å². The molecule has 4 aliphatic heterocycles. The van der Waals surface area contributed by atoms with Gasteiger partial charge in [0, 0.05) is 371 Å². The molecule has 0 aromatic carbocycles. The van der Waals surface area contributed by atoms with Crippen LogP contribution >= 0.6 is 30.6 Å². The Morgan fingerprint density at radius 3 is 1.44 bits per heavy atom. The number of phosphoric ester groups is 1. The van der Waals surface area contributed by atoms with Crippen molar-refractivity contribution in [3.05, 3.63) is 19.3 Å². The van der Waals surface area contributed by atoms with Gasteiger partial charge in [-0.2, -0.15) is 0 Å². The molecular weight excluding hydrogens is 1760 g/mol. The SMILES string of the molecule is [B][B]C1[CH-]C(OP(C)(=O)OCC2OC([B])[CH-]C2OP(C)(=O)OCC2OC([B])[CH-]C2O)C(COP(C)(=O)OC2C(COP(=O)(O)O)OC(B([B])[B])C2C)O1.[W].[Y].[Y].[Y].[Y].[Y].[Y].[Y].[Y].[Y]. The number of ether oxygens (including phenoxy) is 4. The van der Waals surface area contributed by atoms with E-state index < -0.39 is 136 Å². The van der Waals surface area contributed by atoms with E-state index in [1.807, 2.05) is 0 Å². The van der Waals surface area contributed by atoms with Crippen molar-refractivity contribution in [3.8, 4) is 0 Å². The molecule has 3 N–H and O–H groups in total. The Hall–Kier alpha value is 11.4. The fourth-order valence-corrected chi connectivity index (χ4v) is 9.70. The van der Waals surface area contributed by atoms with E-state index in [-0.39, 0.29) is 322 Å². The number of hydrogen-bond donors (Lipinski definition) is 3. The molecule has 4 heterocycles. The second-order valence-corrected chi connectivity index (χ2v) is 20.2. The second kappa shape index (κ2) is 41.4. The molecule has 0 aromatic rings. The predicted molar refractivity (Wildman–Crippen MR) is 194 cm³/mol. The number of rotatable bonds is 20. The van der Waals surface area contributed by atoms with Gasteiger partial charge in [-0.25, -0.2) is 4.57 Å². The van der Waals surface area contributed by atoms with Crippen molar-refractivity contribution in [2.24, 2.45) is 5.92 Å². The van der Waals surface area contributed by atoms with Crippen LogP contribution in [0.1, 0.15) is 6.92 Å². The number of aliphatic hydroxyl groups excluding tert-OH is 1. The van der Waals surface area contributed by atoms with E-state index in [9.17, 15) is 23.4 Å². The molecule has 4 saturated heterocycles. The molecule has 16 atom stereocenters. The average molecular weight is 1800 g/mol. The summed E-state index contributed by atoms with van der Waals surface area (Å²) in [6.45, 7) is 2.47. The minimum atomic E-state index is -4.89. The van der Waals surface area contributed by atoms with Crippen LogP contribution in [0.5, 0.6) is 0 Å². The van der Waals surface area contributed by atoms with Crippen LogP contribution in [-0.2, 0) is 384 Å². The maximum Gasteiger partial charge on any atom is 0.469 e. The average Bonchev–Trinajstić information content (AvgIpc) is 3.76. The number of hydrogen-bond acceptors (Lipinski definition) is 16. The summed E-state index contributed by atoms with van der Waals surface area (Å²) in [7, 11) is 13.4. The Labute approximate surface area is 620 Å². The van der Waals surface area contributed by atoms with Gasteiger partial charge in [-0.05, 0) is 18.3 Å². The predicted octanol–water partition coefficient (Wildman–Crippen LogP) is -1.21. The van der Waals surface area contributed by atoms with E-state index >= 15 is 0 Å². The van der Waals surface area contributed by atoms with Gasteiger partial charge in [0.1, 0.15) is 6.10 Å². The van der Waals surface area contributed by atoms with Crippen molar-refractivity contribution in [2.75, 3.05) is 46.4 Å². The zero-order chi connectivity index (χ0) is 39.5. The molecule has 0 spiro atoms. The maximum atomic E-state index is 13.5. The van der Waals surface area contributed by atoms with Crippen molar-refractivity contribution < 1.29 is 399 Å². The molecule has 63 heavy (non-hydrogen) atoms. The Balaban J connectivity index is -0.000000627. The summed E-state index contributed by atoms with van der Waals surface area (Å²) < 4.78 is 112. The first-order chi connectivity index (χ1) is 24.5. The quantitative estimate of drug-likeness (QED) is 0.0738. The fraction of sp³-hybridized carbons (Fsp3) is 0.875. The summed E-state index contributed by atoms with van der Waals surface area (Å²) in [5.74, 6) is -0.597. The van der Waals surface area contributed by atoms with E-state index in [0.717, 1.165) is 6.66 Å². The van der Waals surface area contributed by atoms with Crippen LogP contribution in [0.15, 0.2) is 0 Å². The molecular formula is C24H39B7O18P4WY9-3. The first kappa shape index (κ1) is 88.3. The van der Waals surface area contributed by atoms with Crippen LogP contribution in [0.2, 0.25) is 0 Å². The van der Waals surface area contributed by atoms with Gasteiger partial charge >= 0.3 is 30.6 Å². The van der Waals surface area contributed by atoms with E-state index in [2.05, 4.69) is 4.52 Å². The smallest absolute Gasteiger partial charge is 0.422 e. The van der Waals surface area contributed by atoms with E-state index in [1.54, 1.807) is 6.92 Å². The molecule has 18 nitrogen and oxygen atoms in total. The first-order valence-corrected chi connectivity index (χ1v) is 23.8. The molecule has 0 saturated carbocycles. The molecule has 20 radical (unpaired) electrons. The second-order valence-electron chi connectivity index (χ2n) is 13.0. The summed E-state index contributed by atoms with van der Waals surface area (Å²) in [5.41, 5.74) is 0. The van der Waals surface area contributed by atoms with Gasteiger partial charge in [-0.1, -0.05) is 24.9 Å². The van der Waals surface area contributed by atoms with Crippen LogP contribution in [0.4, 0.5) is 0 Å². The zero-order valence-corrected chi connectivity index (χ0v) is 67.0. The van der Waals surface area contributed by atoms with Crippen LogP contribution < -0.4 is 0 Å². The van der Waals surface area contributed by atoms with Crippen molar-refractivity contribution in [1.82, 2.24) is 0 Å². The Morgan fingerprint density at radius 1 is 0.619 bits per heavy atom. The Morgan fingerprint density at radius 2 is 1.02 bits per heavy atom. The van der Waals surface area contributed by atoms with Crippen LogP contribution in [0.25, 0.3) is 0 Å². The number of aliphatic hydroxyl groups is 1. The van der Waals surface area contributed by atoms with Gasteiger partial charge in [0.2, 0.25) is 0 Å². The minimum Gasteiger partial charge on any atom is -0.422 e. The monoisotopic (exact) mass is 1800 g/mol. The van der Waals surface area contributed by atoms with Crippen LogP contribution in [0.3, 0.4) is 0 Å². The van der Waals surface area contributed by atoms with Gasteiger partial charge in [-0.3, -0.25) is 37.5 Å². The number of phosphoric acid groups is 1. The molecule has 0 aliphatic carbocycles. The standard InChI is InChI=1S/C24H39B7O18P4.W.9Y/c1-12-23(19(11-42-53(36,37)38)46-24(12)31(28)29)49-52(4,35)41-10-18-15(7-22(30-27)45-18)48-51(3,34)40-9-17-14(6-21(26)44-17)47-50(2,33)39-8-16-13(32)5-20(25)43-16;;;;;;;;;;/h5-7,12-24,32H,8-11H2,1-4H3,(H2,36,37,38);;;;;;;;;;/q-3;;;;;;;;;;. The van der Waals surface area contributed by atoms with Crippen LogP contribution in [-0.4, -0.2) is 187 Å². The third-order valence-electron chi connectivity index (χ3n) is 8.33. The third-order valence-corrected chi connectivity index (χ3v) is 12.5. The molecule has 0 amide bonds. The van der Waals surface area contributed by atoms with Crippen molar-refractivity contribution >= 4 is 83.2 Å². The normalized spacial score (nSPS) is 33.4. The first-order valence-electron chi connectivity index (χ1n) is 16.3. The topological polar surface area (TPSA) is 230 Å². The fourth-order valence-electron chi connectivity index (χ4n) is 5.86. The maximum absolute atomic E-state index is 13.5. The Kier molecular flexibility index (Phi) is 58.1. The Bertz CT molecular complexity index is 1450. The van der Waals surface area contributed by atoms with Gasteiger partial charge in [0.15, 0.2) is 0 Å². The van der Waals surface area contributed by atoms with E-state index in [1.165, 1.54) is 39.8 Å². The molecule has 0 aromatic heterocycles. The molecule has 4 fully saturated rings. The van der Waals surface area contributed by atoms with Crippen LogP contribution in [0, 0.1) is 25.2 Å². The molecule has 16 unspecified atom stereocenters. The third kappa shape index (κ3) is 31.9. The van der Waals surface area contributed by atoms with Gasteiger partial charge in [0.05, 0.1) is 80.2 Å². The molecule has 39 heteroatoms. The summed E-state index contributed by atoms with van der Waals surface area (Å²) >= 11 is 0. The van der Waals surface area contributed by atoms with Gasteiger partial charge in [-0.15, -0.1) is 0 Å². The molecule has 0 bridgehead atoms. The molecule has 320 valence electrons. The zero-order valence-electron chi connectivity index (χ0n) is 35.0. The van der Waals surface area contributed by atoms with Crippen molar-refractivity contribution in [2.45, 2.75) is 79.8 Å². The molecule has 4 rings (SSSR count). The molecule has 4 aliphatic rings. The van der Waals surface area contributed by atoms with E-state index in [4.69, 9.17) is 94.8 Å². The van der Waals surface area contributed by atoms with E-state index in [0.29, 0.717) is 0 Å². The summed E-state index contributed by atoms with van der Waals surface area (Å²) in [4.78, 5) is 18.3. The van der Waals surface area contributed by atoms with Gasteiger partial charge in [0.25, 0.3) is 0 Å². The largest absolute Gasteiger partial charge is 0.469 e. The van der Waals surface area contributed by atoms with Crippen molar-refractivity contribution in [1.29, 1.82) is 0 Å². The summed E-state index contributed by atoms with van der Waals surface area (Å²) in [6, 6.07) is -3.37. The summed E-state index contributed by atoms with van der Waals surface area (Å²) in [6.07, 6.45) is -3.91.